The molecule has 0 aromatic heterocycles. The van der Waals surface area contributed by atoms with Crippen LogP contribution in [0.1, 0.15) is 20.7 Å². The van der Waals surface area contributed by atoms with Crippen molar-refractivity contribution in [1.29, 1.82) is 0 Å². The predicted molar refractivity (Wildman–Crippen MR) is 123 cm³/mol. The highest BCUT2D eigenvalue weighted by Gasteiger charge is 2.20. The number of hydrogen-bond donors (Lipinski definition) is 3. The van der Waals surface area contributed by atoms with Crippen LogP contribution in [-0.2, 0) is 19.6 Å². The third-order valence-corrected chi connectivity index (χ3v) is 5.94. The number of rotatable bonds is 8. The molecule has 4 N–H and O–H groups in total. The van der Waals surface area contributed by atoms with Crippen molar-refractivity contribution in [2.24, 2.45) is 5.73 Å². The molecule has 0 aliphatic carbocycles. The van der Waals surface area contributed by atoms with Gasteiger partial charge in [0.05, 0.1) is 16.1 Å². The molecule has 0 saturated heterocycles. The van der Waals surface area contributed by atoms with Gasteiger partial charge in [0.1, 0.15) is 0 Å². The molecule has 3 aromatic rings. The number of para-hydroxylation sites is 1. The highest BCUT2D eigenvalue weighted by molar-refractivity contribution is 7.92. The van der Waals surface area contributed by atoms with Gasteiger partial charge in [0.2, 0.25) is 5.91 Å². The molecule has 0 atom stereocenters. The molecular formula is C22H18ClN3O6S. The summed E-state index contributed by atoms with van der Waals surface area (Å²) < 4.78 is 32.6. The number of esters is 1. The second-order valence-corrected chi connectivity index (χ2v) is 8.79. The largest absolute Gasteiger partial charge is 0.452 e. The van der Waals surface area contributed by atoms with E-state index in [1.54, 1.807) is 6.07 Å². The van der Waals surface area contributed by atoms with Crippen LogP contribution in [0.2, 0.25) is 5.02 Å². The normalized spacial score (nSPS) is 10.8. The summed E-state index contributed by atoms with van der Waals surface area (Å²) in [6, 6.07) is 17.1. The van der Waals surface area contributed by atoms with Gasteiger partial charge in [-0.3, -0.25) is 14.3 Å². The molecule has 0 aliphatic rings. The van der Waals surface area contributed by atoms with E-state index in [9.17, 15) is 22.8 Å². The minimum atomic E-state index is -4.00. The number of sulfonamides is 1. The summed E-state index contributed by atoms with van der Waals surface area (Å²) in [7, 11) is -4.00. The van der Waals surface area contributed by atoms with E-state index in [1.807, 2.05) is 0 Å². The van der Waals surface area contributed by atoms with E-state index in [4.69, 9.17) is 22.1 Å². The highest BCUT2D eigenvalue weighted by Crippen LogP contribution is 2.22. The number of ether oxygens (including phenoxy) is 1. The van der Waals surface area contributed by atoms with Crippen molar-refractivity contribution in [1.82, 2.24) is 0 Å². The summed E-state index contributed by atoms with van der Waals surface area (Å²) in [5.74, 6) is -2.13. The summed E-state index contributed by atoms with van der Waals surface area (Å²) in [6.45, 7) is -0.616. The lowest BCUT2D eigenvalue weighted by Gasteiger charge is -2.12. The quantitative estimate of drug-likeness (QED) is 0.416. The predicted octanol–water partition coefficient (Wildman–Crippen LogP) is 3.04. The van der Waals surface area contributed by atoms with Crippen molar-refractivity contribution >= 4 is 50.8 Å². The van der Waals surface area contributed by atoms with Gasteiger partial charge in [-0.1, -0.05) is 23.7 Å². The number of hydrogen-bond acceptors (Lipinski definition) is 6. The van der Waals surface area contributed by atoms with Crippen molar-refractivity contribution in [3.8, 4) is 0 Å². The number of benzene rings is 3. The number of amides is 2. The molecule has 33 heavy (non-hydrogen) atoms. The lowest BCUT2D eigenvalue weighted by molar-refractivity contribution is -0.119. The van der Waals surface area contributed by atoms with Crippen LogP contribution in [0.25, 0.3) is 0 Å². The maximum absolute atomic E-state index is 12.6. The second-order valence-electron chi connectivity index (χ2n) is 6.67. The fraction of sp³-hybridized carbons (Fsp3) is 0.0455. The fourth-order valence-electron chi connectivity index (χ4n) is 2.69. The van der Waals surface area contributed by atoms with Gasteiger partial charge in [-0.2, -0.15) is 0 Å². The molecule has 9 nitrogen and oxygen atoms in total. The molecule has 0 radical (unpaired) electrons. The highest BCUT2D eigenvalue weighted by atomic mass is 35.5. The Morgan fingerprint density at radius 1 is 0.909 bits per heavy atom. The summed E-state index contributed by atoms with van der Waals surface area (Å²) in [6.07, 6.45) is 0. The van der Waals surface area contributed by atoms with Gasteiger partial charge in [-0.15, -0.1) is 0 Å². The van der Waals surface area contributed by atoms with Crippen LogP contribution in [0.15, 0.2) is 77.7 Å². The van der Waals surface area contributed by atoms with Crippen LogP contribution >= 0.6 is 11.6 Å². The SMILES string of the molecule is NC(=O)c1ccc(NC(=O)COC(=O)c2ccccc2NS(=O)(=O)c2ccc(Cl)cc2)cc1. The Labute approximate surface area is 194 Å². The Morgan fingerprint density at radius 3 is 2.18 bits per heavy atom. The number of anilines is 2. The van der Waals surface area contributed by atoms with Crippen LogP contribution in [0.5, 0.6) is 0 Å². The molecule has 3 rings (SSSR count). The van der Waals surface area contributed by atoms with Gasteiger partial charge >= 0.3 is 5.97 Å². The fourth-order valence-corrected chi connectivity index (χ4v) is 3.90. The monoisotopic (exact) mass is 487 g/mol. The first kappa shape index (κ1) is 23.8. The van der Waals surface area contributed by atoms with Gasteiger partial charge in [0, 0.05) is 16.3 Å². The number of carbonyl (C=O) groups excluding carboxylic acids is 3. The second kappa shape index (κ2) is 10.2. The van der Waals surface area contributed by atoms with Gasteiger partial charge in [-0.25, -0.2) is 13.2 Å². The smallest absolute Gasteiger partial charge is 0.340 e. The van der Waals surface area contributed by atoms with E-state index in [-0.39, 0.29) is 21.7 Å². The molecule has 3 aromatic carbocycles. The third kappa shape index (κ3) is 6.31. The van der Waals surface area contributed by atoms with Crippen molar-refractivity contribution < 1.29 is 27.5 Å². The zero-order valence-corrected chi connectivity index (χ0v) is 18.5. The summed E-state index contributed by atoms with van der Waals surface area (Å²) in [4.78, 5) is 35.6. The lowest BCUT2D eigenvalue weighted by Crippen LogP contribution is -2.22. The van der Waals surface area contributed by atoms with Gasteiger partial charge in [0.15, 0.2) is 6.61 Å². The number of nitrogens with two attached hydrogens (primary N) is 1. The standard InChI is InChI=1S/C22H18ClN3O6S/c23-15-7-11-17(12-8-15)33(30,31)26-19-4-2-1-3-18(19)22(29)32-13-20(27)25-16-9-5-14(6-10-16)21(24)28/h1-12,26H,13H2,(H2,24,28)(H,25,27). The van der Waals surface area contributed by atoms with Crippen molar-refractivity contribution in [2.45, 2.75) is 4.90 Å². The van der Waals surface area contributed by atoms with Crippen LogP contribution in [-0.4, -0.2) is 32.8 Å². The minimum Gasteiger partial charge on any atom is -0.452 e. The van der Waals surface area contributed by atoms with Crippen LogP contribution in [0.3, 0.4) is 0 Å². The first-order valence-corrected chi connectivity index (χ1v) is 11.3. The van der Waals surface area contributed by atoms with Crippen LogP contribution < -0.4 is 15.8 Å². The Balaban J connectivity index is 1.65. The van der Waals surface area contributed by atoms with Crippen LogP contribution in [0, 0.1) is 0 Å². The van der Waals surface area contributed by atoms with Crippen LogP contribution in [0.4, 0.5) is 11.4 Å². The van der Waals surface area contributed by atoms with E-state index < -0.39 is 34.4 Å². The maximum atomic E-state index is 12.6. The first-order chi connectivity index (χ1) is 15.7. The molecule has 0 bridgehead atoms. The lowest BCUT2D eigenvalue weighted by atomic mass is 10.2. The summed E-state index contributed by atoms with van der Waals surface area (Å²) in [5, 5.41) is 2.88. The van der Waals surface area contributed by atoms with Gasteiger partial charge in [-0.05, 0) is 60.7 Å². The Bertz CT molecular complexity index is 1290. The zero-order chi connectivity index (χ0) is 24.0. The Morgan fingerprint density at radius 2 is 1.55 bits per heavy atom. The molecule has 0 saturated carbocycles. The Hall–Kier alpha value is -3.89. The topological polar surface area (TPSA) is 145 Å². The molecule has 0 heterocycles. The van der Waals surface area contributed by atoms with Gasteiger partial charge < -0.3 is 15.8 Å². The zero-order valence-electron chi connectivity index (χ0n) is 16.9. The average molecular weight is 488 g/mol. The van der Waals surface area contributed by atoms with E-state index in [0.29, 0.717) is 10.7 Å². The molecule has 0 unspecified atom stereocenters. The van der Waals surface area contributed by atoms with E-state index in [1.165, 1.54) is 66.7 Å². The summed E-state index contributed by atoms with van der Waals surface area (Å²) >= 11 is 5.79. The number of halogens is 1. The molecule has 0 spiro atoms. The van der Waals surface area contributed by atoms with Gasteiger partial charge in [0.25, 0.3) is 15.9 Å². The molecule has 0 fully saturated rings. The maximum Gasteiger partial charge on any atom is 0.340 e. The molecule has 0 aliphatic heterocycles. The van der Waals surface area contributed by atoms with Crippen molar-refractivity contribution in [3.05, 3.63) is 88.9 Å². The molecular weight excluding hydrogens is 470 g/mol. The van der Waals surface area contributed by atoms with E-state index in [0.717, 1.165) is 0 Å². The van der Waals surface area contributed by atoms with Crippen molar-refractivity contribution in [3.63, 3.8) is 0 Å². The first-order valence-electron chi connectivity index (χ1n) is 9.40. The summed E-state index contributed by atoms with van der Waals surface area (Å²) in [5.41, 5.74) is 5.72. The van der Waals surface area contributed by atoms with E-state index in [2.05, 4.69) is 10.0 Å². The van der Waals surface area contributed by atoms with Crippen molar-refractivity contribution in [2.75, 3.05) is 16.6 Å². The third-order valence-electron chi connectivity index (χ3n) is 4.30. The molecule has 2 amide bonds. The minimum absolute atomic E-state index is 0.0140. The molecule has 11 heteroatoms. The van der Waals surface area contributed by atoms with E-state index >= 15 is 0 Å². The Kier molecular flexibility index (Phi) is 7.31. The number of primary amides is 1. The number of nitrogens with one attached hydrogen (secondary N) is 2. The number of carbonyl (C=O) groups is 3. The average Bonchev–Trinajstić information content (AvgIpc) is 2.78. The molecule has 170 valence electrons.